The molecule has 1 N–H and O–H groups in total. The number of methoxy groups -OCH3 is 1. The summed E-state index contributed by atoms with van der Waals surface area (Å²) in [5, 5.41) is 2.52. The number of hydrogen-bond acceptors (Lipinski definition) is 4. The molecule has 3 rings (SSSR count). The summed E-state index contributed by atoms with van der Waals surface area (Å²) in [5.41, 5.74) is -0.141. The molecule has 10 heteroatoms. The molecule has 0 spiro atoms. The summed E-state index contributed by atoms with van der Waals surface area (Å²) in [7, 11) is -2.75. The average Bonchev–Trinajstić information content (AvgIpc) is 2.74. The van der Waals surface area contributed by atoms with Gasteiger partial charge in [-0.15, -0.1) is 0 Å². The van der Waals surface area contributed by atoms with Crippen LogP contribution in [0.25, 0.3) is 0 Å². The molecule has 0 saturated carbocycles. The van der Waals surface area contributed by atoms with E-state index in [-0.39, 0.29) is 21.3 Å². The molecule has 31 heavy (non-hydrogen) atoms. The lowest BCUT2D eigenvalue weighted by Crippen LogP contribution is -2.38. The van der Waals surface area contributed by atoms with Gasteiger partial charge in [0.15, 0.2) is 0 Å². The lowest BCUT2D eigenvalue weighted by atomic mass is 10.3. The molecule has 0 saturated heterocycles. The van der Waals surface area contributed by atoms with Gasteiger partial charge in [0.25, 0.3) is 10.0 Å². The van der Waals surface area contributed by atoms with Crippen molar-refractivity contribution in [2.24, 2.45) is 0 Å². The van der Waals surface area contributed by atoms with Gasteiger partial charge >= 0.3 is 0 Å². The van der Waals surface area contributed by atoms with E-state index in [9.17, 15) is 22.0 Å². The molecule has 162 valence electrons. The molecule has 3 aromatic rings. The van der Waals surface area contributed by atoms with Gasteiger partial charge in [0.2, 0.25) is 5.91 Å². The minimum Gasteiger partial charge on any atom is -0.497 e. The van der Waals surface area contributed by atoms with Gasteiger partial charge in [0, 0.05) is 11.1 Å². The SMILES string of the molecule is COc1ccc(S(=O)(=O)N(CC(=O)Nc2ccc(F)cc2F)c2cccc(Cl)c2)cc1. The minimum absolute atomic E-state index is 0.0889. The number of carbonyl (C=O) groups is 1. The van der Waals surface area contributed by atoms with Crippen molar-refractivity contribution < 1.29 is 26.7 Å². The van der Waals surface area contributed by atoms with E-state index >= 15 is 0 Å². The van der Waals surface area contributed by atoms with Crippen LogP contribution in [-0.2, 0) is 14.8 Å². The van der Waals surface area contributed by atoms with Crippen molar-refractivity contribution in [3.63, 3.8) is 0 Å². The van der Waals surface area contributed by atoms with Gasteiger partial charge in [-0.05, 0) is 54.6 Å². The number of carbonyl (C=O) groups excluding carboxylic acids is 1. The van der Waals surface area contributed by atoms with Gasteiger partial charge in [0.05, 0.1) is 23.4 Å². The van der Waals surface area contributed by atoms with E-state index in [4.69, 9.17) is 16.3 Å². The molecule has 0 fully saturated rings. The fourth-order valence-electron chi connectivity index (χ4n) is 2.73. The second kappa shape index (κ2) is 9.32. The first-order chi connectivity index (χ1) is 14.7. The number of anilines is 2. The molecule has 1 amide bonds. The highest BCUT2D eigenvalue weighted by atomic mass is 35.5. The molecule has 0 unspecified atom stereocenters. The highest BCUT2D eigenvalue weighted by Gasteiger charge is 2.28. The average molecular weight is 467 g/mol. The summed E-state index contributed by atoms with van der Waals surface area (Å²) in [5.74, 6) is -2.17. The molecule has 0 bridgehead atoms. The molecule has 0 aromatic heterocycles. The topological polar surface area (TPSA) is 75.7 Å². The lowest BCUT2D eigenvalue weighted by Gasteiger charge is -2.24. The summed E-state index contributed by atoms with van der Waals surface area (Å²) >= 11 is 6.00. The summed E-state index contributed by atoms with van der Waals surface area (Å²) in [4.78, 5) is 12.5. The van der Waals surface area contributed by atoms with Gasteiger partial charge in [-0.2, -0.15) is 0 Å². The van der Waals surface area contributed by atoms with Crippen molar-refractivity contribution in [2.45, 2.75) is 4.90 Å². The molecule has 3 aromatic carbocycles. The Hall–Kier alpha value is -3.17. The van der Waals surface area contributed by atoms with Crippen LogP contribution in [0.5, 0.6) is 5.75 Å². The second-order valence-corrected chi connectivity index (χ2v) is 8.64. The van der Waals surface area contributed by atoms with Crippen molar-refractivity contribution in [1.29, 1.82) is 0 Å². The Balaban J connectivity index is 1.95. The van der Waals surface area contributed by atoms with Gasteiger partial charge in [-0.1, -0.05) is 17.7 Å². The van der Waals surface area contributed by atoms with Crippen LogP contribution in [0.4, 0.5) is 20.2 Å². The van der Waals surface area contributed by atoms with Crippen LogP contribution in [0.15, 0.2) is 71.6 Å². The zero-order valence-corrected chi connectivity index (χ0v) is 17.8. The third kappa shape index (κ3) is 5.31. The van der Waals surface area contributed by atoms with Gasteiger partial charge in [-0.25, -0.2) is 17.2 Å². The predicted molar refractivity (Wildman–Crippen MR) is 114 cm³/mol. The number of sulfonamides is 1. The number of benzene rings is 3. The Labute approximate surface area is 183 Å². The third-order valence-corrected chi connectivity index (χ3v) is 6.26. The van der Waals surface area contributed by atoms with Crippen molar-refractivity contribution in [3.05, 3.63) is 83.4 Å². The van der Waals surface area contributed by atoms with E-state index in [0.29, 0.717) is 11.8 Å². The summed E-state index contributed by atoms with van der Waals surface area (Å²) in [6.07, 6.45) is 0. The maximum absolute atomic E-state index is 13.9. The lowest BCUT2D eigenvalue weighted by molar-refractivity contribution is -0.114. The zero-order chi connectivity index (χ0) is 22.6. The number of halogens is 3. The smallest absolute Gasteiger partial charge is 0.264 e. The predicted octanol–water partition coefficient (Wildman–Crippen LogP) is 4.46. The van der Waals surface area contributed by atoms with Gasteiger partial charge < -0.3 is 10.1 Å². The number of hydrogen-bond donors (Lipinski definition) is 1. The van der Waals surface area contributed by atoms with Gasteiger partial charge in [0.1, 0.15) is 23.9 Å². The quantitative estimate of drug-likeness (QED) is 0.557. The van der Waals surface area contributed by atoms with E-state index in [0.717, 1.165) is 16.4 Å². The van der Waals surface area contributed by atoms with E-state index in [2.05, 4.69) is 5.32 Å². The number of nitrogens with zero attached hydrogens (tertiary/aromatic N) is 1. The first kappa shape index (κ1) is 22.5. The van der Waals surface area contributed by atoms with Crippen LogP contribution in [0.2, 0.25) is 5.02 Å². The molecule has 0 heterocycles. The Bertz CT molecular complexity index is 1200. The molecule has 0 atom stereocenters. The largest absolute Gasteiger partial charge is 0.497 e. The fraction of sp³-hybridized carbons (Fsp3) is 0.0952. The summed E-state index contributed by atoms with van der Waals surface area (Å²) in [6, 6.07) is 14.2. The monoisotopic (exact) mass is 466 g/mol. The Morgan fingerprint density at radius 1 is 1.06 bits per heavy atom. The van der Waals surface area contributed by atoms with Crippen molar-refractivity contribution in [1.82, 2.24) is 0 Å². The first-order valence-electron chi connectivity index (χ1n) is 8.88. The Kier molecular flexibility index (Phi) is 6.77. The van der Waals surface area contributed by atoms with Crippen LogP contribution in [0, 0.1) is 11.6 Å². The maximum Gasteiger partial charge on any atom is 0.264 e. The van der Waals surface area contributed by atoms with Crippen LogP contribution in [0.3, 0.4) is 0 Å². The second-order valence-electron chi connectivity index (χ2n) is 6.34. The standard InChI is InChI=1S/C21H17ClF2N2O4S/c1-30-17-6-8-18(9-7-17)31(28,29)26(16-4-2-3-14(22)11-16)13-21(27)25-20-10-5-15(23)12-19(20)24/h2-12H,13H2,1H3,(H,25,27). The van der Waals surface area contributed by atoms with E-state index in [1.807, 2.05) is 0 Å². The summed E-state index contributed by atoms with van der Waals surface area (Å²) < 4.78 is 59.4. The Morgan fingerprint density at radius 3 is 2.39 bits per heavy atom. The van der Waals surface area contributed by atoms with E-state index < -0.39 is 34.1 Å². The highest BCUT2D eigenvalue weighted by molar-refractivity contribution is 7.92. The summed E-state index contributed by atoms with van der Waals surface area (Å²) in [6.45, 7) is -0.675. The van der Waals surface area contributed by atoms with Crippen molar-refractivity contribution >= 4 is 38.9 Å². The van der Waals surface area contributed by atoms with Gasteiger partial charge in [-0.3, -0.25) is 9.10 Å². The number of nitrogens with one attached hydrogen (secondary N) is 1. The molecule has 0 radical (unpaired) electrons. The third-order valence-electron chi connectivity index (χ3n) is 4.24. The fourth-order valence-corrected chi connectivity index (χ4v) is 4.33. The van der Waals surface area contributed by atoms with E-state index in [1.54, 1.807) is 6.07 Å². The van der Waals surface area contributed by atoms with Crippen molar-refractivity contribution in [3.8, 4) is 5.75 Å². The minimum atomic E-state index is -4.20. The van der Waals surface area contributed by atoms with Crippen LogP contribution in [0.1, 0.15) is 0 Å². The van der Waals surface area contributed by atoms with Crippen LogP contribution in [-0.4, -0.2) is 28.0 Å². The first-order valence-corrected chi connectivity index (χ1v) is 10.7. The highest BCUT2D eigenvalue weighted by Crippen LogP contribution is 2.27. The number of rotatable bonds is 7. The molecule has 0 aliphatic heterocycles. The molecule has 0 aliphatic rings. The normalized spacial score (nSPS) is 11.1. The Morgan fingerprint density at radius 2 is 1.77 bits per heavy atom. The zero-order valence-electron chi connectivity index (χ0n) is 16.2. The number of amides is 1. The molecule has 6 nitrogen and oxygen atoms in total. The molecule has 0 aliphatic carbocycles. The maximum atomic E-state index is 13.9. The van der Waals surface area contributed by atoms with Crippen molar-refractivity contribution in [2.75, 3.05) is 23.3 Å². The molecular formula is C21H17ClF2N2O4S. The number of ether oxygens (including phenoxy) is 1. The molecular weight excluding hydrogens is 450 g/mol. The van der Waals surface area contributed by atoms with Crippen LogP contribution < -0.4 is 14.4 Å². The van der Waals surface area contributed by atoms with E-state index in [1.165, 1.54) is 49.6 Å². The van der Waals surface area contributed by atoms with Crippen LogP contribution >= 0.6 is 11.6 Å².